The van der Waals surface area contributed by atoms with Gasteiger partial charge in [-0.05, 0) is 6.92 Å². The summed E-state index contributed by atoms with van der Waals surface area (Å²) in [6, 6.07) is 10.3. The van der Waals surface area contributed by atoms with Crippen molar-refractivity contribution in [3.8, 4) is 0 Å². The van der Waals surface area contributed by atoms with Crippen molar-refractivity contribution >= 4 is 0 Å². The second kappa shape index (κ2) is 8.75. The van der Waals surface area contributed by atoms with Crippen LogP contribution >= 0.6 is 0 Å². The molecule has 0 saturated carbocycles. The lowest BCUT2D eigenvalue weighted by atomic mass is 10.2. The van der Waals surface area contributed by atoms with Crippen LogP contribution in [0.25, 0.3) is 0 Å². The molecule has 0 aliphatic heterocycles. The lowest BCUT2D eigenvalue weighted by Crippen LogP contribution is -3.02. The van der Waals surface area contributed by atoms with Crippen molar-refractivity contribution in [3.05, 3.63) is 35.9 Å². The Morgan fingerprint density at radius 3 is 1.42 bits per heavy atom. The van der Waals surface area contributed by atoms with Gasteiger partial charge in [-0.25, -0.2) is 0 Å². The third kappa shape index (κ3) is 12.3. The lowest BCUT2D eigenvalue weighted by molar-refractivity contribution is -0.836. The van der Waals surface area contributed by atoms with Gasteiger partial charge in [0.25, 0.3) is 0 Å². The highest BCUT2D eigenvalue weighted by atomic mass is 79.9. The van der Waals surface area contributed by atoms with E-state index >= 15 is 0 Å². The number of nitrogens with one attached hydrogen (secondary N) is 1. The van der Waals surface area contributed by atoms with E-state index in [-0.39, 0.29) is 17.0 Å². The zero-order valence-corrected chi connectivity index (χ0v) is 9.85. The fourth-order valence-electron chi connectivity index (χ4n) is 0.534. The molecule has 2 heteroatoms. The van der Waals surface area contributed by atoms with Gasteiger partial charge in [-0.15, -0.1) is 0 Å². The highest BCUT2D eigenvalue weighted by Gasteiger charge is 1.72. The van der Waals surface area contributed by atoms with Crippen LogP contribution < -0.4 is 21.9 Å². The summed E-state index contributed by atoms with van der Waals surface area (Å²) in [5.41, 5.74) is 1.32. The number of aryl methyl sites for hydroxylation is 1. The van der Waals surface area contributed by atoms with Crippen molar-refractivity contribution in [2.75, 3.05) is 21.1 Å². The molecule has 0 radical (unpaired) electrons. The summed E-state index contributed by atoms with van der Waals surface area (Å²) in [4.78, 5) is 1.42. The molecule has 0 aromatic heterocycles. The smallest absolute Gasteiger partial charge is 0.0661 e. The van der Waals surface area contributed by atoms with Gasteiger partial charge in [0.1, 0.15) is 0 Å². The van der Waals surface area contributed by atoms with Gasteiger partial charge in [0.05, 0.1) is 21.1 Å². The Morgan fingerprint density at radius 1 is 0.917 bits per heavy atom. The van der Waals surface area contributed by atoms with Gasteiger partial charge in [0, 0.05) is 0 Å². The Morgan fingerprint density at radius 2 is 1.25 bits per heavy atom. The molecule has 1 nitrogen and oxygen atoms in total. The summed E-state index contributed by atoms with van der Waals surface area (Å²) >= 11 is 0. The quantitative estimate of drug-likeness (QED) is 0.516. The van der Waals surface area contributed by atoms with Gasteiger partial charge in [-0.1, -0.05) is 35.9 Å². The van der Waals surface area contributed by atoms with Crippen LogP contribution in [0.4, 0.5) is 0 Å². The van der Waals surface area contributed by atoms with Gasteiger partial charge >= 0.3 is 0 Å². The summed E-state index contributed by atoms with van der Waals surface area (Å²) in [5.74, 6) is 0. The maximum atomic E-state index is 2.08. The van der Waals surface area contributed by atoms with Crippen molar-refractivity contribution in [3.63, 3.8) is 0 Å². The minimum absolute atomic E-state index is 0. The normalized spacial score (nSPS) is 8.08. The number of halogens is 1. The number of rotatable bonds is 0. The molecule has 0 aliphatic carbocycles. The fourth-order valence-corrected chi connectivity index (χ4v) is 0.534. The van der Waals surface area contributed by atoms with Gasteiger partial charge in [0.2, 0.25) is 0 Å². The number of hydrogen-bond donors (Lipinski definition) is 1. The van der Waals surface area contributed by atoms with E-state index in [1.807, 2.05) is 18.2 Å². The molecular formula is C10H18BrN. The Labute approximate surface area is 86.2 Å². The molecule has 1 N–H and O–H groups in total. The maximum absolute atomic E-state index is 2.08. The summed E-state index contributed by atoms with van der Waals surface area (Å²) in [6.45, 7) is 2.08. The van der Waals surface area contributed by atoms with Gasteiger partial charge in [0.15, 0.2) is 0 Å². The first-order chi connectivity index (χ1) is 5.13. The molecule has 0 heterocycles. The van der Waals surface area contributed by atoms with Gasteiger partial charge < -0.3 is 21.9 Å². The topological polar surface area (TPSA) is 4.44 Å². The highest BCUT2D eigenvalue weighted by Crippen LogP contribution is 1.92. The molecule has 0 fully saturated rings. The third-order valence-corrected chi connectivity index (χ3v) is 0.940. The second-order valence-corrected chi connectivity index (χ2v) is 3.15. The first kappa shape index (κ1) is 14.2. The Bertz CT molecular complexity index is 170. The standard InChI is InChI=1S/C7H8.C3H9N.BrH/c1-7-5-3-2-4-6-7;1-4(2)3;/h2-6H,1H3;1-3H3;1H. The highest BCUT2D eigenvalue weighted by molar-refractivity contribution is 5.11. The van der Waals surface area contributed by atoms with Crippen LogP contribution in [-0.2, 0) is 0 Å². The zero-order valence-electron chi connectivity index (χ0n) is 8.26. The molecule has 0 amide bonds. The van der Waals surface area contributed by atoms with Gasteiger partial charge in [-0.2, -0.15) is 0 Å². The molecule has 1 aromatic rings. The number of hydrogen-bond acceptors (Lipinski definition) is 0. The summed E-state index contributed by atoms with van der Waals surface area (Å²) < 4.78 is 0. The van der Waals surface area contributed by atoms with Crippen LogP contribution in [0.5, 0.6) is 0 Å². The molecule has 12 heavy (non-hydrogen) atoms. The average molecular weight is 232 g/mol. The van der Waals surface area contributed by atoms with E-state index in [2.05, 4.69) is 40.2 Å². The molecule has 0 spiro atoms. The zero-order chi connectivity index (χ0) is 8.69. The molecule has 1 rings (SSSR count). The Kier molecular flexibility index (Phi) is 10.4. The second-order valence-electron chi connectivity index (χ2n) is 3.15. The number of benzene rings is 1. The molecule has 0 bridgehead atoms. The molecule has 0 unspecified atom stereocenters. The first-order valence-corrected chi connectivity index (χ1v) is 3.91. The first-order valence-electron chi connectivity index (χ1n) is 3.91. The number of quaternary nitrogens is 1. The van der Waals surface area contributed by atoms with E-state index in [0.717, 1.165) is 0 Å². The third-order valence-electron chi connectivity index (χ3n) is 0.940. The predicted octanol–water partition coefficient (Wildman–Crippen LogP) is -2.24. The van der Waals surface area contributed by atoms with Gasteiger partial charge in [-0.3, -0.25) is 0 Å². The van der Waals surface area contributed by atoms with Crippen molar-refractivity contribution in [2.24, 2.45) is 0 Å². The minimum atomic E-state index is 0. The average Bonchev–Trinajstić information content (AvgIpc) is 1.87. The Balaban J connectivity index is 0. The molecule has 0 atom stereocenters. The predicted molar refractivity (Wildman–Crippen MR) is 49.9 cm³/mol. The van der Waals surface area contributed by atoms with Crippen molar-refractivity contribution in [1.29, 1.82) is 0 Å². The van der Waals surface area contributed by atoms with Crippen molar-refractivity contribution in [1.82, 2.24) is 0 Å². The summed E-state index contributed by atoms with van der Waals surface area (Å²) in [7, 11) is 6.25. The maximum Gasteiger partial charge on any atom is 0.0661 e. The van der Waals surface area contributed by atoms with E-state index in [0.29, 0.717) is 0 Å². The molecule has 0 saturated heterocycles. The Hall–Kier alpha value is -0.340. The van der Waals surface area contributed by atoms with Crippen LogP contribution in [0.2, 0.25) is 0 Å². The summed E-state index contributed by atoms with van der Waals surface area (Å²) in [5, 5.41) is 0. The van der Waals surface area contributed by atoms with Crippen LogP contribution in [0.1, 0.15) is 5.56 Å². The molecule has 70 valence electrons. The monoisotopic (exact) mass is 231 g/mol. The molecule has 1 aromatic carbocycles. The van der Waals surface area contributed by atoms with E-state index in [1.165, 1.54) is 10.5 Å². The summed E-state index contributed by atoms with van der Waals surface area (Å²) in [6.07, 6.45) is 0. The van der Waals surface area contributed by atoms with Crippen molar-refractivity contribution in [2.45, 2.75) is 6.92 Å². The molecular weight excluding hydrogens is 214 g/mol. The van der Waals surface area contributed by atoms with E-state index in [4.69, 9.17) is 0 Å². The van der Waals surface area contributed by atoms with Crippen LogP contribution in [0.15, 0.2) is 30.3 Å². The lowest BCUT2D eigenvalue weighted by Gasteiger charge is -1.88. The molecule has 0 aliphatic rings. The fraction of sp³-hybridized carbons (Fsp3) is 0.400. The van der Waals surface area contributed by atoms with E-state index < -0.39 is 0 Å². The SMILES string of the molecule is C[NH+](C)C.Cc1ccccc1.[Br-]. The van der Waals surface area contributed by atoms with Crippen molar-refractivity contribution < 1.29 is 21.9 Å². The van der Waals surface area contributed by atoms with Crippen LogP contribution in [-0.4, -0.2) is 21.1 Å². The largest absolute Gasteiger partial charge is 1.00 e. The van der Waals surface area contributed by atoms with Crippen LogP contribution in [0.3, 0.4) is 0 Å². The van der Waals surface area contributed by atoms with E-state index in [9.17, 15) is 0 Å². The minimum Gasteiger partial charge on any atom is -1.00 e. The van der Waals surface area contributed by atoms with E-state index in [1.54, 1.807) is 0 Å². The van der Waals surface area contributed by atoms with Crippen LogP contribution in [0, 0.1) is 6.92 Å².